The molecule has 0 aliphatic heterocycles. The fraction of sp³-hybridized carbons (Fsp3) is 0.200. The van der Waals surface area contributed by atoms with Crippen molar-refractivity contribution in [3.63, 3.8) is 0 Å². The van der Waals surface area contributed by atoms with Gasteiger partial charge in [0.15, 0.2) is 17.5 Å². The molecule has 1 aromatic heterocycles. The van der Waals surface area contributed by atoms with E-state index in [0.717, 1.165) is 12.3 Å². The molecule has 6 nitrogen and oxygen atoms in total. The van der Waals surface area contributed by atoms with Gasteiger partial charge in [-0.1, -0.05) is 0 Å². The summed E-state index contributed by atoms with van der Waals surface area (Å²) in [5, 5.41) is 2.44. The molecule has 25 heavy (non-hydrogen) atoms. The number of amides is 1. The summed E-state index contributed by atoms with van der Waals surface area (Å²) in [5.41, 5.74) is -0.385. The summed E-state index contributed by atoms with van der Waals surface area (Å²) in [6, 6.07) is 4.50. The molecule has 10 heteroatoms. The monoisotopic (exact) mass is 373 g/mol. The van der Waals surface area contributed by atoms with Crippen molar-refractivity contribution in [1.82, 2.24) is 10.3 Å². The summed E-state index contributed by atoms with van der Waals surface area (Å²) >= 11 is 0. The predicted molar refractivity (Wildman–Crippen MR) is 85.1 cm³/mol. The molecule has 0 aliphatic rings. The van der Waals surface area contributed by atoms with E-state index >= 15 is 0 Å². The van der Waals surface area contributed by atoms with Crippen LogP contribution in [0.15, 0.2) is 36.7 Å². The van der Waals surface area contributed by atoms with Crippen LogP contribution in [-0.4, -0.2) is 38.7 Å². The van der Waals surface area contributed by atoms with Crippen LogP contribution >= 0.6 is 0 Å². The summed E-state index contributed by atoms with van der Waals surface area (Å²) < 4.78 is 64.5. The van der Waals surface area contributed by atoms with Gasteiger partial charge in [-0.05, 0) is 24.3 Å². The van der Waals surface area contributed by atoms with E-state index in [1.807, 2.05) is 0 Å². The molecule has 0 radical (unpaired) electrons. The summed E-state index contributed by atoms with van der Waals surface area (Å²) in [5.74, 6) is -5.33. The molecule has 1 heterocycles. The fourth-order valence-electron chi connectivity index (χ4n) is 2.04. The van der Waals surface area contributed by atoms with Gasteiger partial charge in [0.25, 0.3) is 5.91 Å². The molecule has 0 saturated carbocycles. The Balaban J connectivity index is 2.15. The van der Waals surface area contributed by atoms with Gasteiger partial charge >= 0.3 is 0 Å². The normalized spacial score (nSPS) is 11.2. The maximum Gasteiger partial charge on any atom is 0.252 e. The Bertz CT molecular complexity index is 876. The van der Waals surface area contributed by atoms with Gasteiger partial charge in [0, 0.05) is 18.9 Å². The Labute approximate surface area is 142 Å². The largest absolute Gasteiger partial charge is 0.350 e. The lowest BCUT2D eigenvalue weighted by Crippen LogP contribution is -2.38. The second kappa shape index (κ2) is 7.51. The predicted octanol–water partition coefficient (Wildman–Crippen LogP) is 1.69. The molecule has 2 rings (SSSR count). The first-order valence-electron chi connectivity index (χ1n) is 7.01. The van der Waals surface area contributed by atoms with Gasteiger partial charge in [0.05, 0.1) is 24.1 Å². The molecular formula is C15H14F3N3O3S. The summed E-state index contributed by atoms with van der Waals surface area (Å²) in [4.78, 5) is 15.6. The third-order valence-electron chi connectivity index (χ3n) is 3.21. The minimum absolute atomic E-state index is 0.181. The van der Waals surface area contributed by atoms with Crippen LogP contribution in [0.3, 0.4) is 0 Å². The van der Waals surface area contributed by atoms with Gasteiger partial charge in [0.1, 0.15) is 0 Å². The summed E-state index contributed by atoms with van der Waals surface area (Å²) in [6.07, 6.45) is 3.59. The van der Waals surface area contributed by atoms with Crippen molar-refractivity contribution < 1.29 is 26.4 Å². The SMILES string of the molecule is CS(=O)(=O)N(CCNC(=O)c1cccnc1)c1ccc(F)c(F)c1F. The van der Waals surface area contributed by atoms with Gasteiger partial charge in [-0.25, -0.2) is 21.6 Å². The number of carbonyl (C=O) groups excluding carboxylic acids is 1. The van der Waals surface area contributed by atoms with Crippen LogP contribution in [0.1, 0.15) is 10.4 Å². The second-order valence-electron chi connectivity index (χ2n) is 5.03. The van der Waals surface area contributed by atoms with E-state index in [2.05, 4.69) is 10.3 Å². The average Bonchev–Trinajstić information content (AvgIpc) is 2.57. The first kappa shape index (κ1) is 18.7. The van der Waals surface area contributed by atoms with Crippen LogP contribution in [0.25, 0.3) is 0 Å². The zero-order chi connectivity index (χ0) is 18.6. The van der Waals surface area contributed by atoms with Crippen LogP contribution in [-0.2, 0) is 10.0 Å². The summed E-state index contributed by atoms with van der Waals surface area (Å²) in [7, 11) is -3.99. The number of carbonyl (C=O) groups is 1. The quantitative estimate of drug-likeness (QED) is 0.782. The third-order valence-corrected chi connectivity index (χ3v) is 4.39. The molecule has 134 valence electrons. The topological polar surface area (TPSA) is 79.4 Å². The Hall–Kier alpha value is -2.62. The van der Waals surface area contributed by atoms with E-state index in [4.69, 9.17) is 0 Å². The smallest absolute Gasteiger partial charge is 0.252 e. The van der Waals surface area contributed by atoms with Gasteiger partial charge in [-0.15, -0.1) is 0 Å². The highest BCUT2D eigenvalue weighted by Gasteiger charge is 2.24. The summed E-state index contributed by atoms with van der Waals surface area (Å²) in [6.45, 7) is -0.550. The number of nitrogens with one attached hydrogen (secondary N) is 1. The van der Waals surface area contributed by atoms with Crippen molar-refractivity contribution in [1.29, 1.82) is 0 Å². The highest BCUT2D eigenvalue weighted by Crippen LogP contribution is 2.25. The molecule has 1 aromatic carbocycles. The van der Waals surface area contributed by atoms with Crippen molar-refractivity contribution >= 4 is 21.6 Å². The highest BCUT2D eigenvalue weighted by molar-refractivity contribution is 7.92. The maximum absolute atomic E-state index is 13.9. The lowest BCUT2D eigenvalue weighted by atomic mass is 10.2. The van der Waals surface area contributed by atoms with Gasteiger partial charge < -0.3 is 5.32 Å². The molecule has 1 N–H and O–H groups in total. The minimum Gasteiger partial charge on any atom is -0.350 e. The number of nitrogens with zero attached hydrogens (tertiary/aromatic N) is 2. The number of halogens is 3. The van der Waals surface area contributed by atoms with Crippen LogP contribution in [0.4, 0.5) is 18.9 Å². The van der Waals surface area contributed by atoms with Gasteiger partial charge in [0.2, 0.25) is 10.0 Å². The lowest BCUT2D eigenvalue weighted by Gasteiger charge is -2.23. The lowest BCUT2D eigenvalue weighted by molar-refractivity contribution is 0.0954. The number of pyridine rings is 1. The van der Waals surface area contributed by atoms with Crippen LogP contribution < -0.4 is 9.62 Å². The molecule has 2 aromatic rings. The molecule has 0 atom stereocenters. The van der Waals surface area contributed by atoms with Crippen LogP contribution in [0, 0.1) is 17.5 Å². The van der Waals surface area contributed by atoms with E-state index < -0.39 is 39.1 Å². The van der Waals surface area contributed by atoms with E-state index in [-0.39, 0.29) is 18.7 Å². The number of hydrogen-bond acceptors (Lipinski definition) is 4. The van der Waals surface area contributed by atoms with Crippen molar-refractivity contribution in [3.8, 4) is 0 Å². The molecule has 0 unspecified atom stereocenters. The van der Waals surface area contributed by atoms with E-state index in [1.165, 1.54) is 18.5 Å². The molecule has 0 bridgehead atoms. The van der Waals surface area contributed by atoms with Gasteiger partial charge in [-0.3, -0.25) is 14.1 Å². The van der Waals surface area contributed by atoms with Crippen LogP contribution in [0.5, 0.6) is 0 Å². The fourth-order valence-corrected chi connectivity index (χ4v) is 2.96. The number of anilines is 1. The minimum atomic E-state index is -3.99. The highest BCUT2D eigenvalue weighted by atomic mass is 32.2. The molecule has 0 aliphatic carbocycles. The Morgan fingerprint density at radius 3 is 2.52 bits per heavy atom. The molecule has 0 fully saturated rings. The number of benzene rings is 1. The van der Waals surface area contributed by atoms with Crippen molar-refractivity contribution in [3.05, 3.63) is 59.7 Å². The molecule has 1 amide bonds. The Morgan fingerprint density at radius 1 is 1.20 bits per heavy atom. The van der Waals surface area contributed by atoms with E-state index in [9.17, 15) is 26.4 Å². The van der Waals surface area contributed by atoms with Crippen molar-refractivity contribution in [2.75, 3.05) is 23.7 Å². The number of sulfonamides is 1. The number of hydrogen-bond donors (Lipinski definition) is 1. The Kier molecular flexibility index (Phi) is 5.62. The third kappa shape index (κ3) is 4.47. The average molecular weight is 373 g/mol. The van der Waals surface area contributed by atoms with Crippen molar-refractivity contribution in [2.45, 2.75) is 0 Å². The molecule has 0 saturated heterocycles. The molecular weight excluding hydrogens is 359 g/mol. The second-order valence-corrected chi connectivity index (χ2v) is 6.93. The van der Waals surface area contributed by atoms with Crippen molar-refractivity contribution in [2.24, 2.45) is 0 Å². The zero-order valence-electron chi connectivity index (χ0n) is 13.0. The van der Waals surface area contributed by atoms with Crippen LogP contribution in [0.2, 0.25) is 0 Å². The van der Waals surface area contributed by atoms with Gasteiger partial charge in [-0.2, -0.15) is 0 Å². The number of aromatic nitrogens is 1. The Morgan fingerprint density at radius 2 is 1.92 bits per heavy atom. The standard InChI is InChI=1S/C15H14F3N3O3S/c1-25(23,24)21(12-5-4-11(16)13(17)14(12)18)8-7-20-15(22)10-3-2-6-19-9-10/h2-6,9H,7-8H2,1H3,(H,20,22). The molecule has 0 spiro atoms. The number of rotatable bonds is 6. The maximum atomic E-state index is 13.9. The van der Waals surface area contributed by atoms with E-state index in [1.54, 1.807) is 6.07 Å². The zero-order valence-corrected chi connectivity index (χ0v) is 13.9. The van der Waals surface area contributed by atoms with E-state index in [0.29, 0.717) is 10.4 Å². The first-order valence-corrected chi connectivity index (χ1v) is 8.86. The first-order chi connectivity index (χ1) is 11.7.